The number of aliphatic carboxylic acids is 1. The highest BCUT2D eigenvalue weighted by molar-refractivity contribution is 7.19. The van der Waals surface area contributed by atoms with Crippen molar-refractivity contribution in [3.8, 4) is 11.8 Å². The first kappa shape index (κ1) is 21.4. The zero-order chi connectivity index (χ0) is 20.0. The van der Waals surface area contributed by atoms with Gasteiger partial charge in [-0.15, -0.1) is 9.24 Å². The Hall–Kier alpha value is -1.89. The lowest BCUT2D eigenvalue weighted by Gasteiger charge is -2.41. The third-order valence-corrected chi connectivity index (χ3v) is 5.58. The number of carbonyl (C=O) groups excluding carboxylic acids is 1. The number of amides is 1. The molecular formula is C21H29N2O3P. The highest BCUT2D eigenvalue weighted by atomic mass is 31.0. The van der Waals surface area contributed by atoms with Gasteiger partial charge in [-0.2, -0.15) is 0 Å². The van der Waals surface area contributed by atoms with Crippen molar-refractivity contribution < 1.29 is 14.7 Å². The zero-order valence-corrected chi connectivity index (χ0v) is 17.4. The molecule has 1 N–H and O–H groups in total. The molecule has 5 nitrogen and oxygen atoms in total. The van der Waals surface area contributed by atoms with Crippen molar-refractivity contribution in [2.45, 2.75) is 44.4 Å². The molecule has 0 aliphatic carbocycles. The molecule has 1 aromatic carbocycles. The molecule has 1 aliphatic heterocycles. The van der Waals surface area contributed by atoms with Crippen LogP contribution in [0, 0.1) is 17.8 Å². The first-order valence-corrected chi connectivity index (χ1v) is 10.00. The summed E-state index contributed by atoms with van der Waals surface area (Å²) < 4.78 is 0. The Morgan fingerprint density at radius 2 is 2.00 bits per heavy atom. The Balaban J connectivity index is 2.07. The summed E-state index contributed by atoms with van der Waals surface area (Å²) in [5, 5.41) is 9.71. The lowest BCUT2D eigenvalue weighted by molar-refractivity contribution is -0.153. The van der Waals surface area contributed by atoms with Crippen LogP contribution in [0.15, 0.2) is 30.3 Å². The molecule has 1 fully saturated rings. The van der Waals surface area contributed by atoms with E-state index in [-0.39, 0.29) is 11.9 Å². The molecule has 1 aromatic rings. The fourth-order valence-corrected chi connectivity index (χ4v) is 3.74. The Bertz CT molecular complexity index is 711. The highest BCUT2D eigenvalue weighted by Crippen LogP contribution is 2.30. The van der Waals surface area contributed by atoms with Crippen LogP contribution in [0.25, 0.3) is 0 Å². The van der Waals surface area contributed by atoms with Gasteiger partial charge >= 0.3 is 5.97 Å². The molecule has 0 saturated carbocycles. The van der Waals surface area contributed by atoms with Gasteiger partial charge in [-0.05, 0) is 25.5 Å². The summed E-state index contributed by atoms with van der Waals surface area (Å²) in [4.78, 5) is 28.4. The molecule has 2 rings (SSSR count). The maximum atomic E-state index is 12.9. The molecule has 1 amide bonds. The standard InChI is InChI=1S/C21H29N2O3P/c1-15(2)8-7-12-22(3)17-11-13-23(18(14-17)21(25)26)20(24)19(27)16-9-5-4-6-10-16/h4-6,9-10,15,17-19H,11-14,27H2,1-3H3,(H,25,26)/t17-,18-,19?/m0/s1. The second-order valence-electron chi connectivity index (χ2n) is 7.34. The number of carbonyl (C=O) groups is 2. The average Bonchev–Trinajstić information content (AvgIpc) is 2.66. The quantitative estimate of drug-likeness (QED) is 0.622. The number of carboxylic acid groups (broad SMARTS) is 1. The largest absolute Gasteiger partial charge is 0.480 e. The summed E-state index contributed by atoms with van der Waals surface area (Å²) in [5.41, 5.74) is 0.444. The van der Waals surface area contributed by atoms with Gasteiger partial charge in [0.2, 0.25) is 5.91 Å². The third kappa shape index (κ3) is 5.79. The Kier molecular flexibility index (Phi) is 7.83. The molecule has 27 heavy (non-hydrogen) atoms. The van der Waals surface area contributed by atoms with Crippen LogP contribution in [0.4, 0.5) is 0 Å². The second-order valence-corrected chi connectivity index (χ2v) is 8.01. The molecule has 1 saturated heterocycles. The lowest BCUT2D eigenvalue weighted by Crippen LogP contribution is -2.55. The van der Waals surface area contributed by atoms with Gasteiger partial charge in [0.25, 0.3) is 0 Å². The van der Waals surface area contributed by atoms with Gasteiger partial charge in [-0.1, -0.05) is 56.0 Å². The monoisotopic (exact) mass is 388 g/mol. The van der Waals surface area contributed by atoms with Crippen molar-refractivity contribution in [1.29, 1.82) is 0 Å². The van der Waals surface area contributed by atoms with Crippen LogP contribution >= 0.6 is 9.24 Å². The SMILES string of the molecule is CC(C)C#CCN(C)[C@H]1CCN(C(=O)C(P)c2ccccc2)[C@H](C(=O)O)C1. The molecule has 2 unspecified atom stereocenters. The molecule has 0 aromatic heterocycles. The van der Waals surface area contributed by atoms with E-state index in [1.54, 1.807) is 0 Å². The number of nitrogens with zero attached hydrogens (tertiary/aromatic N) is 2. The molecule has 1 aliphatic rings. The molecule has 6 heteroatoms. The van der Waals surface area contributed by atoms with Crippen molar-refractivity contribution in [1.82, 2.24) is 9.80 Å². The van der Waals surface area contributed by atoms with Crippen molar-refractivity contribution in [3.63, 3.8) is 0 Å². The minimum Gasteiger partial charge on any atom is -0.480 e. The Morgan fingerprint density at radius 3 is 2.59 bits per heavy atom. The van der Waals surface area contributed by atoms with Crippen LogP contribution in [-0.2, 0) is 9.59 Å². The summed E-state index contributed by atoms with van der Waals surface area (Å²) in [6.07, 6.45) is 1.18. The van der Waals surface area contributed by atoms with Gasteiger partial charge < -0.3 is 10.0 Å². The topological polar surface area (TPSA) is 60.9 Å². The van der Waals surface area contributed by atoms with Gasteiger partial charge in [-0.25, -0.2) is 4.79 Å². The van der Waals surface area contributed by atoms with E-state index in [0.29, 0.717) is 25.4 Å². The van der Waals surface area contributed by atoms with Gasteiger partial charge in [0, 0.05) is 18.5 Å². The first-order valence-electron chi connectivity index (χ1n) is 9.33. The van der Waals surface area contributed by atoms with Crippen LogP contribution in [0.1, 0.15) is 37.9 Å². The summed E-state index contributed by atoms with van der Waals surface area (Å²) in [6, 6.07) is 8.74. The normalized spacial score (nSPS) is 20.9. The van der Waals surface area contributed by atoms with Crippen LogP contribution in [-0.4, -0.2) is 59.0 Å². The van der Waals surface area contributed by atoms with Gasteiger partial charge in [0.1, 0.15) is 6.04 Å². The van der Waals surface area contributed by atoms with Gasteiger partial charge in [0.15, 0.2) is 0 Å². The van der Waals surface area contributed by atoms with Gasteiger partial charge in [-0.3, -0.25) is 9.69 Å². The number of likely N-dealkylation sites (tertiary alicyclic amines) is 1. The predicted molar refractivity (Wildman–Crippen MR) is 110 cm³/mol. The summed E-state index contributed by atoms with van der Waals surface area (Å²) in [5.74, 6) is 5.50. The summed E-state index contributed by atoms with van der Waals surface area (Å²) >= 11 is 0. The minimum absolute atomic E-state index is 0.108. The van der Waals surface area contributed by atoms with Crippen molar-refractivity contribution in [2.24, 2.45) is 5.92 Å². The van der Waals surface area contributed by atoms with Crippen molar-refractivity contribution in [3.05, 3.63) is 35.9 Å². The number of hydrogen-bond donors (Lipinski definition) is 1. The van der Waals surface area contributed by atoms with E-state index in [9.17, 15) is 14.7 Å². The molecule has 146 valence electrons. The molecule has 4 atom stereocenters. The Morgan fingerprint density at radius 1 is 1.33 bits per heavy atom. The molecule has 0 radical (unpaired) electrons. The molecular weight excluding hydrogens is 359 g/mol. The highest BCUT2D eigenvalue weighted by Gasteiger charge is 2.38. The Labute approximate surface area is 164 Å². The van der Waals surface area contributed by atoms with E-state index in [4.69, 9.17) is 0 Å². The minimum atomic E-state index is -0.944. The van der Waals surface area contributed by atoms with Crippen LogP contribution in [0.5, 0.6) is 0 Å². The van der Waals surface area contributed by atoms with Crippen molar-refractivity contribution in [2.75, 3.05) is 20.1 Å². The van der Waals surface area contributed by atoms with E-state index in [0.717, 1.165) is 12.0 Å². The first-order chi connectivity index (χ1) is 12.8. The summed E-state index contributed by atoms with van der Waals surface area (Å²) in [7, 11) is 4.52. The zero-order valence-electron chi connectivity index (χ0n) is 16.3. The number of piperidine rings is 1. The fraction of sp³-hybridized carbons (Fsp3) is 0.524. The van der Waals surface area contributed by atoms with E-state index >= 15 is 0 Å². The van der Waals surface area contributed by atoms with E-state index in [1.165, 1.54) is 4.90 Å². The van der Waals surface area contributed by atoms with Crippen LogP contribution < -0.4 is 0 Å². The van der Waals surface area contributed by atoms with Crippen LogP contribution in [0.2, 0.25) is 0 Å². The lowest BCUT2D eigenvalue weighted by atomic mass is 9.95. The predicted octanol–water partition coefficient (Wildman–Crippen LogP) is 2.64. The molecule has 0 spiro atoms. The smallest absolute Gasteiger partial charge is 0.326 e. The number of rotatable bonds is 5. The average molecular weight is 388 g/mol. The maximum absolute atomic E-state index is 12.9. The van der Waals surface area contributed by atoms with E-state index < -0.39 is 17.7 Å². The van der Waals surface area contributed by atoms with Gasteiger partial charge in [0.05, 0.1) is 12.2 Å². The third-order valence-electron chi connectivity index (χ3n) is 4.91. The molecule has 1 heterocycles. The van der Waals surface area contributed by atoms with E-state index in [1.807, 2.05) is 51.2 Å². The molecule has 0 bridgehead atoms. The number of carboxylic acids is 1. The summed E-state index contributed by atoms with van der Waals surface area (Å²) in [6.45, 7) is 5.15. The maximum Gasteiger partial charge on any atom is 0.326 e. The number of benzene rings is 1. The second kappa shape index (κ2) is 9.88. The fourth-order valence-electron chi connectivity index (χ4n) is 3.33. The number of hydrogen-bond acceptors (Lipinski definition) is 3. The van der Waals surface area contributed by atoms with E-state index in [2.05, 4.69) is 26.0 Å². The van der Waals surface area contributed by atoms with Crippen LogP contribution in [0.3, 0.4) is 0 Å². The van der Waals surface area contributed by atoms with Crippen molar-refractivity contribution >= 4 is 21.1 Å².